The minimum atomic E-state index is -0.452. The molecule has 0 radical (unpaired) electrons. The van der Waals surface area contributed by atoms with Crippen LogP contribution in [0.3, 0.4) is 0 Å². The van der Waals surface area contributed by atoms with Gasteiger partial charge in [-0.1, -0.05) is 13.0 Å². The molecule has 0 aliphatic heterocycles. The quantitative estimate of drug-likeness (QED) is 0.821. The van der Waals surface area contributed by atoms with E-state index in [9.17, 15) is 4.39 Å². The van der Waals surface area contributed by atoms with Gasteiger partial charge in [-0.3, -0.25) is 0 Å². The monoisotopic (exact) mass is 204 g/mol. The second-order valence-corrected chi connectivity index (χ2v) is 4.13. The molecule has 1 aliphatic carbocycles. The molecule has 1 fully saturated rings. The summed E-state index contributed by atoms with van der Waals surface area (Å²) >= 11 is 0. The van der Waals surface area contributed by atoms with Crippen molar-refractivity contribution in [1.82, 2.24) is 0 Å². The first-order chi connectivity index (χ1) is 7.22. The van der Waals surface area contributed by atoms with Crippen LogP contribution in [0.15, 0.2) is 18.2 Å². The molecule has 2 atom stereocenters. The van der Waals surface area contributed by atoms with Crippen molar-refractivity contribution in [2.45, 2.75) is 13.3 Å². The SMILES string of the molecule is CC1CC1CNc1cccc(F)c1C#N. The van der Waals surface area contributed by atoms with Crippen molar-refractivity contribution in [1.29, 1.82) is 5.26 Å². The Balaban J connectivity index is 2.07. The Morgan fingerprint density at radius 1 is 1.60 bits per heavy atom. The number of rotatable bonds is 3. The van der Waals surface area contributed by atoms with Crippen molar-refractivity contribution in [2.75, 3.05) is 11.9 Å². The maximum atomic E-state index is 13.2. The van der Waals surface area contributed by atoms with Gasteiger partial charge in [0.25, 0.3) is 0 Å². The molecule has 2 rings (SSSR count). The smallest absolute Gasteiger partial charge is 0.143 e. The van der Waals surface area contributed by atoms with E-state index in [2.05, 4.69) is 12.2 Å². The summed E-state index contributed by atoms with van der Waals surface area (Å²) in [5, 5.41) is 11.9. The zero-order chi connectivity index (χ0) is 10.8. The van der Waals surface area contributed by atoms with Gasteiger partial charge in [-0.05, 0) is 30.4 Å². The molecule has 3 heteroatoms. The van der Waals surface area contributed by atoms with Crippen LogP contribution < -0.4 is 5.32 Å². The largest absolute Gasteiger partial charge is 0.384 e. The third-order valence-corrected chi connectivity index (χ3v) is 2.96. The summed E-state index contributed by atoms with van der Waals surface area (Å²) in [6.07, 6.45) is 1.23. The number of nitrogens with zero attached hydrogens (tertiary/aromatic N) is 1. The van der Waals surface area contributed by atoms with Gasteiger partial charge in [-0.15, -0.1) is 0 Å². The minimum absolute atomic E-state index is 0.116. The minimum Gasteiger partial charge on any atom is -0.384 e. The second kappa shape index (κ2) is 3.90. The van der Waals surface area contributed by atoms with E-state index in [1.807, 2.05) is 6.07 Å². The molecule has 1 aromatic carbocycles. The van der Waals surface area contributed by atoms with E-state index in [4.69, 9.17) is 5.26 Å². The fourth-order valence-electron chi connectivity index (χ4n) is 1.71. The van der Waals surface area contributed by atoms with Gasteiger partial charge in [-0.2, -0.15) is 5.26 Å². The zero-order valence-corrected chi connectivity index (χ0v) is 8.63. The lowest BCUT2D eigenvalue weighted by atomic mass is 10.2. The standard InChI is InChI=1S/C12H13FN2/c1-8-5-9(8)7-15-12-4-2-3-11(13)10(12)6-14/h2-4,8-9,15H,5,7H2,1H3. The lowest BCUT2D eigenvalue weighted by Crippen LogP contribution is -2.06. The Hall–Kier alpha value is -1.56. The Bertz CT molecular complexity index is 409. The van der Waals surface area contributed by atoms with E-state index in [1.54, 1.807) is 12.1 Å². The average Bonchev–Trinajstić information content (AvgIpc) is 2.92. The Labute approximate surface area is 88.7 Å². The van der Waals surface area contributed by atoms with Crippen molar-refractivity contribution in [3.63, 3.8) is 0 Å². The first kappa shape index (κ1) is 9.97. The maximum absolute atomic E-state index is 13.2. The number of hydrogen-bond acceptors (Lipinski definition) is 2. The average molecular weight is 204 g/mol. The lowest BCUT2D eigenvalue weighted by Gasteiger charge is -2.07. The van der Waals surface area contributed by atoms with E-state index in [0.29, 0.717) is 11.6 Å². The molecule has 15 heavy (non-hydrogen) atoms. The predicted octanol–water partition coefficient (Wildman–Crippen LogP) is 2.77. The van der Waals surface area contributed by atoms with Gasteiger partial charge in [0.05, 0.1) is 5.69 Å². The molecule has 1 aromatic rings. The van der Waals surface area contributed by atoms with Crippen LogP contribution in [0.1, 0.15) is 18.9 Å². The summed E-state index contributed by atoms with van der Waals surface area (Å²) in [7, 11) is 0. The highest BCUT2D eigenvalue weighted by Gasteiger charge is 2.32. The third kappa shape index (κ3) is 2.10. The van der Waals surface area contributed by atoms with Gasteiger partial charge in [0, 0.05) is 6.54 Å². The van der Waals surface area contributed by atoms with Crippen molar-refractivity contribution in [3.8, 4) is 6.07 Å². The topological polar surface area (TPSA) is 35.8 Å². The first-order valence-electron chi connectivity index (χ1n) is 5.15. The highest BCUT2D eigenvalue weighted by Crippen LogP contribution is 2.37. The molecule has 0 aromatic heterocycles. The Morgan fingerprint density at radius 3 is 2.93 bits per heavy atom. The maximum Gasteiger partial charge on any atom is 0.143 e. The fourth-order valence-corrected chi connectivity index (χ4v) is 1.71. The highest BCUT2D eigenvalue weighted by atomic mass is 19.1. The van der Waals surface area contributed by atoms with E-state index in [-0.39, 0.29) is 5.56 Å². The van der Waals surface area contributed by atoms with E-state index < -0.39 is 5.82 Å². The zero-order valence-electron chi connectivity index (χ0n) is 8.63. The van der Waals surface area contributed by atoms with Gasteiger partial charge >= 0.3 is 0 Å². The van der Waals surface area contributed by atoms with Crippen LogP contribution in [0.4, 0.5) is 10.1 Å². The molecular formula is C12H13FN2. The molecule has 1 saturated carbocycles. The number of benzene rings is 1. The number of nitrogens with one attached hydrogen (secondary N) is 1. The third-order valence-electron chi connectivity index (χ3n) is 2.96. The van der Waals surface area contributed by atoms with Gasteiger partial charge in [0.1, 0.15) is 17.4 Å². The number of halogens is 1. The molecule has 0 saturated heterocycles. The van der Waals surface area contributed by atoms with Crippen molar-refractivity contribution in [3.05, 3.63) is 29.6 Å². The molecule has 0 spiro atoms. The van der Waals surface area contributed by atoms with Crippen LogP contribution in [0, 0.1) is 29.0 Å². The fraction of sp³-hybridized carbons (Fsp3) is 0.417. The lowest BCUT2D eigenvalue weighted by molar-refractivity contribution is 0.624. The van der Waals surface area contributed by atoms with Crippen LogP contribution in [0.25, 0.3) is 0 Å². The molecule has 1 aliphatic rings. The molecule has 2 nitrogen and oxygen atoms in total. The molecule has 1 N–H and O–H groups in total. The van der Waals surface area contributed by atoms with Crippen molar-refractivity contribution < 1.29 is 4.39 Å². The van der Waals surface area contributed by atoms with Gasteiger partial charge in [0.2, 0.25) is 0 Å². The highest BCUT2D eigenvalue weighted by molar-refractivity contribution is 5.57. The number of nitriles is 1. The molecule has 0 heterocycles. The molecule has 2 unspecified atom stereocenters. The van der Waals surface area contributed by atoms with E-state index in [0.717, 1.165) is 12.5 Å². The van der Waals surface area contributed by atoms with Gasteiger partial charge in [0.15, 0.2) is 0 Å². The van der Waals surface area contributed by atoms with Crippen LogP contribution >= 0.6 is 0 Å². The van der Waals surface area contributed by atoms with Crippen LogP contribution in [-0.2, 0) is 0 Å². The predicted molar refractivity (Wildman–Crippen MR) is 56.9 cm³/mol. The summed E-state index contributed by atoms with van der Waals surface area (Å²) in [5.41, 5.74) is 0.724. The van der Waals surface area contributed by atoms with E-state index in [1.165, 1.54) is 12.5 Å². The summed E-state index contributed by atoms with van der Waals surface area (Å²) in [6.45, 7) is 3.03. The first-order valence-corrected chi connectivity index (χ1v) is 5.15. The normalized spacial score (nSPS) is 23.3. The Kier molecular flexibility index (Phi) is 2.59. The molecule has 0 amide bonds. The summed E-state index contributed by atoms with van der Waals surface area (Å²) in [5.74, 6) is 0.989. The van der Waals surface area contributed by atoms with Gasteiger partial charge in [-0.25, -0.2) is 4.39 Å². The number of hydrogen-bond donors (Lipinski definition) is 1. The van der Waals surface area contributed by atoms with Crippen LogP contribution in [0.2, 0.25) is 0 Å². The van der Waals surface area contributed by atoms with Crippen molar-refractivity contribution in [2.24, 2.45) is 11.8 Å². The Morgan fingerprint density at radius 2 is 2.33 bits per heavy atom. The number of anilines is 1. The van der Waals surface area contributed by atoms with Crippen LogP contribution in [0.5, 0.6) is 0 Å². The summed E-state index contributed by atoms with van der Waals surface area (Å²) < 4.78 is 13.2. The second-order valence-electron chi connectivity index (χ2n) is 4.13. The van der Waals surface area contributed by atoms with E-state index >= 15 is 0 Å². The summed E-state index contributed by atoms with van der Waals surface area (Å²) in [4.78, 5) is 0. The molecule has 0 bridgehead atoms. The van der Waals surface area contributed by atoms with Gasteiger partial charge < -0.3 is 5.32 Å². The van der Waals surface area contributed by atoms with Crippen LogP contribution in [-0.4, -0.2) is 6.54 Å². The molecule has 78 valence electrons. The molecular weight excluding hydrogens is 191 g/mol. The van der Waals surface area contributed by atoms with Crippen molar-refractivity contribution >= 4 is 5.69 Å². The summed E-state index contributed by atoms with van der Waals surface area (Å²) in [6, 6.07) is 6.56.